The number of aromatic nitrogens is 1. The number of pyridine rings is 1. The normalized spacial score (nSPS) is 10.4. The minimum absolute atomic E-state index is 0.0162. The van der Waals surface area contributed by atoms with E-state index in [0.29, 0.717) is 0 Å². The van der Waals surface area contributed by atoms with Crippen LogP contribution < -0.4 is 0 Å². The van der Waals surface area contributed by atoms with Gasteiger partial charge in [-0.3, -0.25) is 4.98 Å². The Morgan fingerprint density at radius 2 is 2.27 bits per heavy atom. The molecule has 0 aliphatic heterocycles. The number of aliphatic hydroxyl groups is 1. The van der Waals surface area contributed by atoms with Crippen molar-refractivity contribution >= 4 is 15.9 Å². The van der Waals surface area contributed by atoms with Crippen LogP contribution in [0.4, 0.5) is 8.78 Å². The van der Waals surface area contributed by atoms with E-state index in [1.165, 1.54) is 6.20 Å². The number of nitriles is 1. The molecule has 1 rings (SSSR count). The Morgan fingerprint density at radius 1 is 1.60 bits per heavy atom. The van der Waals surface area contributed by atoms with Gasteiger partial charge in [0.25, 0.3) is 6.43 Å². The first kappa shape index (κ1) is 12.0. The molecule has 0 fully saturated rings. The molecule has 0 radical (unpaired) electrons. The predicted octanol–water partition coefficient (Wildman–Crippen LogP) is 2.28. The standard InChI is InChI=1S/C9H7BrF2N2O/c10-1-5-3-14-7(4-15)6(2-13)8(5)9(11)12/h3,9,15H,1,4H2. The molecule has 80 valence electrons. The second-order valence-electron chi connectivity index (χ2n) is 2.72. The second-order valence-corrected chi connectivity index (χ2v) is 3.28. The van der Waals surface area contributed by atoms with Gasteiger partial charge in [-0.05, 0) is 5.56 Å². The molecule has 0 bridgehead atoms. The summed E-state index contributed by atoms with van der Waals surface area (Å²) in [5.74, 6) is 0. The van der Waals surface area contributed by atoms with Crippen LogP contribution in [0.25, 0.3) is 0 Å². The van der Waals surface area contributed by atoms with Crippen molar-refractivity contribution in [2.75, 3.05) is 0 Å². The van der Waals surface area contributed by atoms with Crippen molar-refractivity contribution in [3.05, 3.63) is 28.6 Å². The highest BCUT2D eigenvalue weighted by molar-refractivity contribution is 9.08. The van der Waals surface area contributed by atoms with Gasteiger partial charge in [0.05, 0.1) is 17.9 Å². The zero-order valence-corrected chi connectivity index (χ0v) is 9.13. The number of halogens is 3. The Kier molecular flexibility index (Phi) is 4.12. The monoisotopic (exact) mass is 276 g/mol. The summed E-state index contributed by atoms with van der Waals surface area (Å²) < 4.78 is 25.4. The van der Waals surface area contributed by atoms with Gasteiger partial charge >= 0.3 is 0 Å². The number of hydrogen-bond donors (Lipinski definition) is 1. The zero-order chi connectivity index (χ0) is 11.4. The van der Waals surface area contributed by atoms with Crippen LogP contribution in [0.5, 0.6) is 0 Å². The molecule has 0 aliphatic rings. The van der Waals surface area contributed by atoms with Crippen LogP contribution in [-0.2, 0) is 11.9 Å². The summed E-state index contributed by atoms with van der Waals surface area (Å²) in [5, 5.41) is 17.8. The van der Waals surface area contributed by atoms with Gasteiger partial charge in [-0.1, -0.05) is 15.9 Å². The predicted molar refractivity (Wildman–Crippen MR) is 52.5 cm³/mol. The topological polar surface area (TPSA) is 56.9 Å². The molecular formula is C9H7BrF2N2O. The average Bonchev–Trinajstić information content (AvgIpc) is 2.26. The molecule has 0 aliphatic carbocycles. The summed E-state index contributed by atoms with van der Waals surface area (Å²) in [4.78, 5) is 3.75. The molecule has 0 unspecified atom stereocenters. The first-order chi connectivity index (χ1) is 7.15. The maximum atomic E-state index is 12.7. The van der Waals surface area contributed by atoms with E-state index in [1.54, 1.807) is 6.07 Å². The molecule has 1 heterocycles. The summed E-state index contributed by atoms with van der Waals surface area (Å²) >= 11 is 3.04. The SMILES string of the molecule is N#Cc1c(CO)ncc(CBr)c1C(F)F. The average molecular weight is 277 g/mol. The van der Waals surface area contributed by atoms with Crippen LogP contribution in [0.3, 0.4) is 0 Å². The van der Waals surface area contributed by atoms with Crippen LogP contribution in [0, 0.1) is 11.3 Å². The largest absolute Gasteiger partial charge is 0.390 e. The van der Waals surface area contributed by atoms with Crippen LogP contribution >= 0.6 is 15.9 Å². The summed E-state index contributed by atoms with van der Waals surface area (Å²) in [6.45, 7) is -0.523. The third-order valence-electron chi connectivity index (χ3n) is 1.90. The maximum Gasteiger partial charge on any atom is 0.265 e. The van der Waals surface area contributed by atoms with Gasteiger partial charge in [0.1, 0.15) is 6.07 Å². The van der Waals surface area contributed by atoms with Gasteiger partial charge < -0.3 is 5.11 Å². The van der Waals surface area contributed by atoms with E-state index in [9.17, 15) is 8.78 Å². The summed E-state index contributed by atoms with van der Waals surface area (Å²) in [6, 6.07) is 1.65. The molecule has 15 heavy (non-hydrogen) atoms. The van der Waals surface area contributed by atoms with Gasteiger partial charge in [-0.25, -0.2) is 8.78 Å². The lowest BCUT2D eigenvalue weighted by Gasteiger charge is -2.10. The van der Waals surface area contributed by atoms with Gasteiger partial charge in [-0.2, -0.15) is 5.26 Å². The van der Waals surface area contributed by atoms with Gasteiger partial charge in [0.15, 0.2) is 0 Å². The number of alkyl halides is 3. The Morgan fingerprint density at radius 3 is 2.67 bits per heavy atom. The molecule has 6 heteroatoms. The van der Waals surface area contributed by atoms with E-state index >= 15 is 0 Å². The van der Waals surface area contributed by atoms with Gasteiger partial charge in [0, 0.05) is 17.1 Å². The van der Waals surface area contributed by atoms with E-state index in [1.807, 2.05) is 0 Å². The van der Waals surface area contributed by atoms with Crippen LogP contribution in [0.2, 0.25) is 0 Å². The first-order valence-electron chi connectivity index (χ1n) is 4.01. The van der Waals surface area contributed by atoms with Crippen molar-refractivity contribution in [2.24, 2.45) is 0 Å². The van der Waals surface area contributed by atoms with E-state index < -0.39 is 13.0 Å². The maximum absolute atomic E-state index is 12.7. The Bertz CT molecular complexity index is 404. The van der Waals surface area contributed by atoms with E-state index in [4.69, 9.17) is 10.4 Å². The second kappa shape index (κ2) is 5.14. The lowest BCUT2D eigenvalue weighted by molar-refractivity contribution is 0.149. The molecule has 0 saturated heterocycles. The number of hydrogen-bond acceptors (Lipinski definition) is 3. The summed E-state index contributed by atoms with van der Waals surface area (Å²) in [6.07, 6.45) is -1.51. The summed E-state index contributed by atoms with van der Waals surface area (Å²) in [5.41, 5.74) is -0.339. The third kappa shape index (κ3) is 2.30. The van der Waals surface area contributed by atoms with Crippen LogP contribution in [-0.4, -0.2) is 10.1 Å². The van der Waals surface area contributed by atoms with Gasteiger partial charge in [-0.15, -0.1) is 0 Å². The summed E-state index contributed by atoms with van der Waals surface area (Å²) in [7, 11) is 0. The molecular weight excluding hydrogens is 270 g/mol. The van der Waals surface area contributed by atoms with E-state index in [0.717, 1.165) is 0 Å². The van der Waals surface area contributed by atoms with Crippen molar-refractivity contribution in [3.8, 4) is 6.07 Å². The number of rotatable bonds is 3. The van der Waals surface area contributed by atoms with Crippen LogP contribution in [0.1, 0.15) is 28.8 Å². The lowest BCUT2D eigenvalue weighted by Crippen LogP contribution is -2.04. The smallest absolute Gasteiger partial charge is 0.265 e. The first-order valence-corrected chi connectivity index (χ1v) is 5.13. The number of aliphatic hydroxyl groups excluding tert-OH is 1. The van der Waals surface area contributed by atoms with Crippen molar-refractivity contribution in [3.63, 3.8) is 0 Å². The Balaban J connectivity index is 3.46. The lowest BCUT2D eigenvalue weighted by atomic mass is 10.0. The molecule has 1 aromatic rings. The van der Waals surface area contributed by atoms with Crippen molar-refractivity contribution in [1.29, 1.82) is 5.26 Å². The fourth-order valence-corrected chi connectivity index (χ4v) is 1.65. The molecule has 3 nitrogen and oxygen atoms in total. The van der Waals surface area contributed by atoms with Crippen LogP contribution in [0.15, 0.2) is 6.20 Å². The molecule has 1 aromatic heterocycles. The molecule has 1 N–H and O–H groups in total. The highest BCUT2D eigenvalue weighted by Crippen LogP contribution is 2.29. The minimum atomic E-state index is -2.75. The molecule has 0 saturated carbocycles. The minimum Gasteiger partial charge on any atom is -0.390 e. The van der Waals surface area contributed by atoms with Gasteiger partial charge in [0.2, 0.25) is 0 Å². The fourth-order valence-electron chi connectivity index (χ4n) is 1.21. The van der Waals surface area contributed by atoms with E-state index in [-0.39, 0.29) is 27.7 Å². The van der Waals surface area contributed by atoms with Crippen molar-refractivity contribution in [2.45, 2.75) is 18.4 Å². The fraction of sp³-hybridized carbons (Fsp3) is 0.333. The molecule has 0 aromatic carbocycles. The van der Waals surface area contributed by atoms with Crippen molar-refractivity contribution in [1.82, 2.24) is 4.98 Å². The highest BCUT2D eigenvalue weighted by atomic mass is 79.9. The van der Waals surface area contributed by atoms with E-state index in [2.05, 4.69) is 20.9 Å². The quantitative estimate of drug-likeness (QED) is 0.862. The Hall–Kier alpha value is -1.06. The Labute approximate surface area is 93.5 Å². The molecule has 0 amide bonds. The zero-order valence-electron chi connectivity index (χ0n) is 7.54. The van der Waals surface area contributed by atoms with Crippen molar-refractivity contribution < 1.29 is 13.9 Å². The molecule has 0 atom stereocenters. The molecule has 0 spiro atoms. The highest BCUT2D eigenvalue weighted by Gasteiger charge is 2.20. The number of nitrogens with zero attached hydrogens (tertiary/aromatic N) is 2. The third-order valence-corrected chi connectivity index (χ3v) is 2.51.